The third-order valence-corrected chi connectivity index (χ3v) is 2.65. The molecule has 0 saturated heterocycles. The summed E-state index contributed by atoms with van der Waals surface area (Å²) in [5.74, 6) is 1.26. The van der Waals surface area contributed by atoms with E-state index in [0.29, 0.717) is 29.6 Å². The molecule has 0 radical (unpaired) electrons. The fourth-order valence-corrected chi connectivity index (χ4v) is 1.83. The molecule has 0 saturated carbocycles. The number of pyridine rings is 2. The number of nitrogens with one attached hydrogen (secondary N) is 1. The van der Waals surface area contributed by atoms with Crippen LogP contribution in [0, 0.1) is 0 Å². The lowest BCUT2D eigenvalue weighted by molar-refractivity contribution is 0.328. The summed E-state index contributed by atoms with van der Waals surface area (Å²) < 4.78 is 5.35. The van der Waals surface area contributed by atoms with Gasteiger partial charge in [0.1, 0.15) is 5.82 Å². The molecule has 0 amide bonds. The molecule has 0 atom stereocenters. The van der Waals surface area contributed by atoms with E-state index in [1.807, 2.05) is 25.1 Å². The van der Waals surface area contributed by atoms with Gasteiger partial charge < -0.3 is 15.5 Å². The lowest BCUT2D eigenvalue weighted by Crippen LogP contribution is -1.93. The van der Waals surface area contributed by atoms with E-state index in [2.05, 4.69) is 19.9 Å². The Balaban J connectivity index is 2.06. The fraction of sp³-hybridized carbons (Fsp3) is 0.154. The van der Waals surface area contributed by atoms with Crippen molar-refractivity contribution >= 4 is 16.9 Å². The molecule has 0 spiro atoms. The average Bonchev–Trinajstić information content (AvgIpc) is 2.82. The van der Waals surface area contributed by atoms with Crippen molar-refractivity contribution in [2.75, 3.05) is 12.3 Å². The van der Waals surface area contributed by atoms with E-state index >= 15 is 0 Å². The minimum Gasteiger partial charge on any atom is -0.478 e. The molecule has 0 unspecified atom stereocenters. The highest BCUT2D eigenvalue weighted by Crippen LogP contribution is 2.21. The number of H-pyrrole nitrogens is 1. The van der Waals surface area contributed by atoms with Gasteiger partial charge in [0, 0.05) is 24.0 Å². The first kappa shape index (κ1) is 11.5. The second kappa shape index (κ2) is 4.56. The summed E-state index contributed by atoms with van der Waals surface area (Å²) >= 11 is 0. The Morgan fingerprint density at radius 2 is 2.16 bits per heavy atom. The van der Waals surface area contributed by atoms with Gasteiger partial charge in [-0.3, -0.25) is 4.98 Å². The van der Waals surface area contributed by atoms with Crippen molar-refractivity contribution in [3.05, 3.63) is 30.6 Å². The predicted octanol–water partition coefficient (Wildman–Crippen LogP) is 2.00. The molecule has 0 aliphatic rings. The lowest BCUT2D eigenvalue weighted by Gasteiger charge is -1.99. The molecule has 3 aromatic rings. The molecular weight excluding hydrogens is 242 g/mol. The molecule has 6 heteroatoms. The molecule has 3 aromatic heterocycles. The molecular formula is C13H13N5O. The highest BCUT2D eigenvalue weighted by molar-refractivity contribution is 5.76. The van der Waals surface area contributed by atoms with E-state index < -0.39 is 0 Å². The summed E-state index contributed by atoms with van der Waals surface area (Å²) in [7, 11) is 0. The molecule has 0 bridgehead atoms. The molecule has 96 valence electrons. The zero-order valence-corrected chi connectivity index (χ0v) is 10.4. The highest BCUT2D eigenvalue weighted by Gasteiger charge is 2.08. The predicted molar refractivity (Wildman–Crippen MR) is 72.7 cm³/mol. The minimum atomic E-state index is 0.568. The standard InChI is InChI=1S/C13H13N5O/c1-2-19-11-4-3-10-13(17-11)18-12(16-10)8-5-9(14)7-15-6-8/h3-7H,2,14H2,1H3,(H,16,17,18). The Bertz CT molecular complexity index is 722. The number of nitrogens with zero attached hydrogens (tertiary/aromatic N) is 3. The van der Waals surface area contributed by atoms with E-state index in [0.717, 1.165) is 11.1 Å². The third-order valence-electron chi connectivity index (χ3n) is 2.65. The van der Waals surface area contributed by atoms with E-state index in [1.165, 1.54) is 0 Å². The lowest BCUT2D eigenvalue weighted by atomic mass is 10.2. The van der Waals surface area contributed by atoms with Crippen LogP contribution in [0.25, 0.3) is 22.6 Å². The number of hydrogen-bond donors (Lipinski definition) is 2. The molecule has 0 aliphatic heterocycles. The van der Waals surface area contributed by atoms with Crippen molar-refractivity contribution in [1.82, 2.24) is 19.9 Å². The van der Waals surface area contributed by atoms with Crippen molar-refractivity contribution in [2.24, 2.45) is 0 Å². The first-order valence-corrected chi connectivity index (χ1v) is 5.96. The van der Waals surface area contributed by atoms with Gasteiger partial charge in [0.05, 0.1) is 17.8 Å². The molecule has 0 aliphatic carbocycles. The van der Waals surface area contributed by atoms with Crippen molar-refractivity contribution < 1.29 is 4.74 Å². The van der Waals surface area contributed by atoms with Crippen LogP contribution in [0.3, 0.4) is 0 Å². The Kier molecular flexibility index (Phi) is 2.75. The number of aromatic amines is 1. The van der Waals surface area contributed by atoms with Gasteiger partial charge >= 0.3 is 0 Å². The molecule has 3 heterocycles. The van der Waals surface area contributed by atoms with Crippen LogP contribution in [0.4, 0.5) is 5.69 Å². The number of nitrogen functional groups attached to an aromatic ring is 1. The second-order valence-corrected chi connectivity index (χ2v) is 4.05. The second-order valence-electron chi connectivity index (χ2n) is 4.05. The molecule has 0 aromatic carbocycles. The maximum atomic E-state index is 5.71. The number of rotatable bonds is 3. The van der Waals surface area contributed by atoms with Gasteiger partial charge in [0.25, 0.3) is 0 Å². The Morgan fingerprint density at radius 3 is 2.95 bits per heavy atom. The maximum absolute atomic E-state index is 5.71. The maximum Gasteiger partial charge on any atom is 0.215 e. The smallest absolute Gasteiger partial charge is 0.215 e. The Morgan fingerprint density at radius 1 is 1.26 bits per heavy atom. The third kappa shape index (κ3) is 2.20. The molecule has 19 heavy (non-hydrogen) atoms. The van der Waals surface area contributed by atoms with Gasteiger partial charge in [-0.25, -0.2) is 4.98 Å². The van der Waals surface area contributed by atoms with Gasteiger partial charge in [0.15, 0.2) is 5.65 Å². The Labute approximate surface area is 109 Å². The van der Waals surface area contributed by atoms with Crippen molar-refractivity contribution in [3.8, 4) is 17.3 Å². The zero-order valence-electron chi connectivity index (χ0n) is 10.4. The van der Waals surface area contributed by atoms with Crippen LogP contribution in [0.15, 0.2) is 30.6 Å². The number of nitrogens with two attached hydrogens (primary N) is 1. The summed E-state index contributed by atoms with van der Waals surface area (Å²) in [6, 6.07) is 5.52. The molecule has 0 fully saturated rings. The van der Waals surface area contributed by atoms with Crippen LogP contribution in [0.5, 0.6) is 5.88 Å². The van der Waals surface area contributed by atoms with Gasteiger partial charge in [-0.05, 0) is 19.1 Å². The quantitative estimate of drug-likeness (QED) is 0.747. The van der Waals surface area contributed by atoms with Crippen molar-refractivity contribution in [3.63, 3.8) is 0 Å². The SMILES string of the molecule is CCOc1ccc2[nH]c(-c3cncc(N)c3)nc2n1. The molecule has 6 nitrogen and oxygen atoms in total. The first-order chi connectivity index (χ1) is 9.26. The Hall–Kier alpha value is -2.63. The summed E-state index contributed by atoms with van der Waals surface area (Å²) in [6.07, 6.45) is 3.30. The number of ether oxygens (including phenoxy) is 1. The molecule has 3 rings (SSSR count). The normalized spacial score (nSPS) is 10.8. The van der Waals surface area contributed by atoms with Gasteiger partial charge in [-0.15, -0.1) is 0 Å². The van der Waals surface area contributed by atoms with Crippen LogP contribution in [-0.4, -0.2) is 26.5 Å². The van der Waals surface area contributed by atoms with Gasteiger partial charge in [-0.2, -0.15) is 4.98 Å². The minimum absolute atomic E-state index is 0.568. The topological polar surface area (TPSA) is 89.7 Å². The van der Waals surface area contributed by atoms with E-state index in [1.54, 1.807) is 12.4 Å². The summed E-state index contributed by atoms with van der Waals surface area (Å²) in [5.41, 5.74) is 8.60. The largest absolute Gasteiger partial charge is 0.478 e. The number of aromatic nitrogens is 4. The van der Waals surface area contributed by atoms with E-state index in [4.69, 9.17) is 10.5 Å². The van der Waals surface area contributed by atoms with Crippen molar-refractivity contribution in [2.45, 2.75) is 6.92 Å². The highest BCUT2D eigenvalue weighted by atomic mass is 16.5. The number of fused-ring (bicyclic) bond motifs is 1. The van der Waals surface area contributed by atoms with Gasteiger partial charge in [-0.1, -0.05) is 0 Å². The van der Waals surface area contributed by atoms with E-state index in [9.17, 15) is 0 Å². The van der Waals surface area contributed by atoms with Crippen molar-refractivity contribution in [1.29, 1.82) is 0 Å². The van der Waals surface area contributed by atoms with Crippen LogP contribution in [0.1, 0.15) is 6.92 Å². The summed E-state index contributed by atoms with van der Waals surface area (Å²) in [4.78, 5) is 16.0. The summed E-state index contributed by atoms with van der Waals surface area (Å²) in [5, 5.41) is 0. The van der Waals surface area contributed by atoms with E-state index in [-0.39, 0.29) is 0 Å². The number of anilines is 1. The van der Waals surface area contributed by atoms with Gasteiger partial charge in [0.2, 0.25) is 5.88 Å². The zero-order chi connectivity index (χ0) is 13.2. The average molecular weight is 255 g/mol. The van der Waals surface area contributed by atoms with Crippen LogP contribution < -0.4 is 10.5 Å². The van der Waals surface area contributed by atoms with Crippen LogP contribution in [0.2, 0.25) is 0 Å². The summed E-state index contributed by atoms with van der Waals surface area (Å²) in [6.45, 7) is 2.50. The first-order valence-electron chi connectivity index (χ1n) is 5.96. The molecule has 3 N–H and O–H groups in total. The monoisotopic (exact) mass is 255 g/mol. The number of hydrogen-bond acceptors (Lipinski definition) is 5. The van der Waals surface area contributed by atoms with Crippen LogP contribution >= 0.6 is 0 Å². The van der Waals surface area contributed by atoms with Crippen LogP contribution in [-0.2, 0) is 0 Å². The number of imidazole rings is 1. The fourth-order valence-electron chi connectivity index (χ4n) is 1.83.